The average Bonchev–Trinajstić information content (AvgIpc) is 2.59. The third kappa shape index (κ3) is 1.86. The average molecular weight is 221 g/mol. The highest BCUT2D eigenvalue weighted by atomic mass is 32.2. The first-order valence-corrected chi connectivity index (χ1v) is 6.14. The molecule has 0 aromatic carbocycles. The van der Waals surface area contributed by atoms with E-state index in [1.54, 1.807) is 11.8 Å². The first-order valence-electron chi connectivity index (χ1n) is 4.91. The van der Waals surface area contributed by atoms with E-state index in [0.29, 0.717) is 0 Å². The van der Waals surface area contributed by atoms with Gasteiger partial charge in [0.1, 0.15) is 0 Å². The second-order valence-corrected chi connectivity index (χ2v) is 5.37. The van der Waals surface area contributed by atoms with Crippen LogP contribution in [0.2, 0.25) is 0 Å². The predicted octanol–water partition coefficient (Wildman–Crippen LogP) is 2.75. The van der Waals surface area contributed by atoms with Crippen LogP contribution in [0.1, 0.15) is 26.3 Å². The molecule has 0 spiro atoms. The zero-order valence-electron chi connectivity index (χ0n) is 9.48. The van der Waals surface area contributed by atoms with Crippen LogP contribution in [-0.4, -0.2) is 20.9 Å². The Morgan fingerprint density at radius 3 is 2.67 bits per heavy atom. The summed E-state index contributed by atoms with van der Waals surface area (Å²) in [5.74, 6) is 0. The zero-order valence-corrected chi connectivity index (χ0v) is 10.3. The Morgan fingerprint density at radius 1 is 1.33 bits per heavy atom. The minimum Gasteiger partial charge on any atom is -0.222 e. The molecule has 0 radical (unpaired) electrons. The molecule has 2 rings (SSSR count). The van der Waals surface area contributed by atoms with Crippen molar-refractivity contribution < 1.29 is 0 Å². The molecule has 15 heavy (non-hydrogen) atoms. The molecule has 0 bridgehead atoms. The fourth-order valence-corrected chi connectivity index (χ4v) is 1.87. The molecule has 0 atom stereocenters. The van der Waals surface area contributed by atoms with Gasteiger partial charge in [0.05, 0.1) is 11.2 Å². The van der Waals surface area contributed by atoms with Gasteiger partial charge in [-0.3, -0.25) is 0 Å². The second kappa shape index (κ2) is 3.52. The first-order chi connectivity index (χ1) is 7.02. The third-order valence-electron chi connectivity index (χ3n) is 2.36. The van der Waals surface area contributed by atoms with E-state index in [-0.39, 0.29) is 5.41 Å². The van der Waals surface area contributed by atoms with E-state index in [1.165, 1.54) is 5.56 Å². The molecular weight excluding hydrogens is 206 g/mol. The summed E-state index contributed by atoms with van der Waals surface area (Å²) in [6.45, 7) is 6.53. The first kappa shape index (κ1) is 10.5. The highest BCUT2D eigenvalue weighted by molar-refractivity contribution is 7.98. The molecule has 0 amide bonds. The lowest BCUT2D eigenvalue weighted by Crippen LogP contribution is -2.11. The number of fused-ring (bicyclic) bond motifs is 1. The van der Waals surface area contributed by atoms with Crippen molar-refractivity contribution in [2.75, 3.05) is 6.26 Å². The van der Waals surface area contributed by atoms with Crippen LogP contribution in [0.5, 0.6) is 0 Å². The smallest absolute Gasteiger partial charge is 0.159 e. The molecule has 3 nitrogen and oxygen atoms in total. The van der Waals surface area contributed by atoms with Gasteiger partial charge >= 0.3 is 0 Å². The third-order valence-corrected chi connectivity index (χ3v) is 3.01. The Bertz CT molecular complexity index is 482. The van der Waals surface area contributed by atoms with Gasteiger partial charge in [-0.1, -0.05) is 20.8 Å². The highest BCUT2D eigenvalue weighted by Crippen LogP contribution is 2.26. The summed E-state index contributed by atoms with van der Waals surface area (Å²) in [4.78, 5) is 4.58. The van der Waals surface area contributed by atoms with Gasteiger partial charge in [-0.25, -0.2) is 9.50 Å². The maximum absolute atomic E-state index is 4.58. The maximum atomic E-state index is 4.58. The Hall–Kier alpha value is -1.03. The molecule has 80 valence electrons. The molecule has 2 aromatic rings. The van der Waals surface area contributed by atoms with Crippen molar-refractivity contribution in [2.45, 2.75) is 31.2 Å². The minimum absolute atomic E-state index is 0.0891. The van der Waals surface area contributed by atoms with Crippen molar-refractivity contribution in [3.63, 3.8) is 0 Å². The van der Waals surface area contributed by atoms with Gasteiger partial charge in [0.15, 0.2) is 5.65 Å². The van der Waals surface area contributed by atoms with Crippen molar-refractivity contribution in [3.8, 4) is 0 Å². The number of thioether (sulfide) groups is 1. The normalized spacial score (nSPS) is 12.3. The summed E-state index contributed by atoms with van der Waals surface area (Å²) in [5, 5.41) is 5.34. The van der Waals surface area contributed by atoms with Crippen LogP contribution in [0, 0.1) is 0 Å². The molecule has 0 aliphatic rings. The predicted molar refractivity (Wildman–Crippen MR) is 63.5 cm³/mol. The van der Waals surface area contributed by atoms with E-state index in [1.807, 2.05) is 29.2 Å². The van der Waals surface area contributed by atoms with Gasteiger partial charge < -0.3 is 0 Å². The monoisotopic (exact) mass is 221 g/mol. The summed E-state index contributed by atoms with van der Waals surface area (Å²) in [5.41, 5.74) is 2.25. The lowest BCUT2D eigenvalue weighted by Gasteiger charge is -2.16. The van der Waals surface area contributed by atoms with Gasteiger partial charge in [-0.2, -0.15) is 5.10 Å². The Balaban J connectivity index is 2.67. The molecule has 0 aliphatic carbocycles. The van der Waals surface area contributed by atoms with Gasteiger partial charge in [0, 0.05) is 11.8 Å². The molecular formula is C11H15N3S. The van der Waals surface area contributed by atoms with Gasteiger partial charge in [0.25, 0.3) is 0 Å². The van der Waals surface area contributed by atoms with Crippen LogP contribution in [0.15, 0.2) is 23.5 Å². The lowest BCUT2D eigenvalue weighted by molar-refractivity contribution is 0.594. The quantitative estimate of drug-likeness (QED) is 0.548. The summed E-state index contributed by atoms with van der Waals surface area (Å²) < 4.78 is 1.83. The largest absolute Gasteiger partial charge is 0.222 e. The molecule has 2 heterocycles. The van der Waals surface area contributed by atoms with Crippen LogP contribution in [-0.2, 0) is 5.41 Å². The lowest BCUT2D eigenvalue weighted by atomic mass is 9.89. The van der Waals surface area contributed by atoms with Crippen LogP contribution < -0.4 is 0 Å². The van der Waals surface area contributed by atoms with Gasteiger partial charge in [-0.15, -0.1) is 11.8 Å². The summed E-state index contributed by atoms with van der Waals surface area (Å²) in [7, 11) is 0. The van der Waals surface area contributed by atoms with Gasteiger partial charge in [-0.05, 0) is 17.7 Å². The topological polar surface area (TPSA) is 30.2 Å². The molecule has 0 saturated heterocycles. The Kier molecular flexibility index (Phi) is 2.46. The molecule has 2 aromatic heterocycles. The van der Waals surface area contributed by atoms with Crippen LogP contribution in [0.3, 0.4) is 0 Å². The second-order valence-electron chi connectivity index (χ2n) is 4.55. The molecule has 0 saturated carbocycles. The van der Waals surface area contributed by atoms with E-state index in [4.69, 9.17) is 0 Å². The van der Waals surface area contributed by atoms with E-state index in [0.717, 1.165) is 10.7 Å². The molecule has 4 heteroatoms. The SMILES string of the molecule is CSc1ccn2ncc(C(C)(C)C)c2n1. The van der Waals surface area contributed by atoms with Crippen LogP contribution in [0.25, 0.3) is 5.65 Å². The fraction of sp³-hybridized carbons (Fsp3) is 0.455. The van der Waals surface area contributed by atoms with E-state index >= 15 is 0 Å². The van der Waals surface area contributed by atoms with Crippen LogP contribution >= 0.6 is 11.8 Å². The van der Waals surface area contributed by atoms with E-state index < -0.39 is 0 Å². The highest BCUT2D eigenvalue weighted by Gasteiger charge is 2.19. The number of hydrogen-bond acceptors (Lipinski definition) is 3. The van der Waals surface area contributed by atoms with Crippen molar-refractivity contribution in [3.05, 3.63) is 24.0 Å². The molecule has 0 N–H and O–H groups in total. The summed E-state index contributed by atoms with van der Waals surface area (Å²) >= 11 is 1.65. The van der Waals surface area contributed by atoms with Crippen LogP contribution in [0.4, 0.5) is 0 Å². The standard InChI is InChI=1S/C11H15N3S/c1-11(2,3)8-7-12-14-6-5-9(15-4)13-10(8)14/h5-7H,1-4H3. The van der Waals surface area contributed by atoms with Crippen molar-refractivity contribution in [1.82, 2.24) is 14.6 Å². The zero-order chi connectivity index (χ0) is 11.1. The molecule has 0 aliphatic heterocycles. The Labute approximate surface area is 93.9 Å². The van der Waals surface area contributed by atoms with E-state index in [9.17, 15) is 0 Å². The van der Waals surface area contributed by atoms with Gasteiger partial charge in [0.2, 0.25) is 0 Å². The summed E-state index contributed by atoms with van der Waals surface area (Å²) in [6.07, 6.45) is 5.90. The minimum atomic E-state index is 0.0891. The number of nitrogens with zero attached hydrogens (tertiary/aromatic N) is 3. The van der Waals surface area contributed by atoms with E-state index in [2.05, 4.69) is 30.9 Å². The Morgan fingerprint density at radius 2 is 2.07 bits per heavy atom. The molecule has 0 unspecified atom stereocenters. The number of hydrogen-bond donors (Lipinski definition) is 0. The van der Waals surface area contributed by atoms with Crippen molar-refractivity contribution >= 4 is 17.4 Å². The van der Waals surface area contributed by atoms with Crippen molar-refractivity contribution in [2.24, 2.45) is 0 Å². The number of aromatic nitrogens is 3. The summed E-state index contributed by atoms with van der Waals surface area (Å²) in [6, 6.07) is 1.98. The fourth-order valence-electron chi connectivity index (χ4n) is 1.50. The van der Waals surface area contributed by atoms with Crippen molar-refractivity contribution in [1.29, 1.82) is 0 Å². The maximum Gasteiger partial charge on any atom is 0.159 e. The number of rotatable bonds is 1. The molecule has 0 fully saturated rings.